The zero-order valence-corrected chi connectivity index (χ0v) is 21.9. The van der Waals surface area contributed by atoms with Crippen molar-refractivity contribution in [3.63, 3.8) is 0 Å². The standard InChI is InChI=1S/C26H27N5O3S2/c1-4-14-31-18-12-8-6-10-16(18)21-22(31)27-26(30-29-21)35-15(3)23(32)28-24-20(25(33)34-5-2)17-11-7-9-13-19(17)36-24/h4,6,8,10,12,15H,1,5,7,9,11,13-14H2,2-3H3,(H,28,32). The molecule has 1 amide bonds. The Hall–Kier alpha value is -3.24. The molecule has 0 aliphatic heterocycles. The second-order valence-electron chi connectivity index (χ2n) is 8.57. The summed E-state index contributed by atoms with van der Waals surface area (Å²) < 4.78 is 7.35. The number of aryl methyl sites for hydroxylation is 1. The number of allylic oxidation sites excluding steroid dienone is 1. The fourth-order valence-corrected chi connectivity index (χ4v) is 6.54. The number of anilines is 1. The zero-order chi connectivity index (χ0) is 25.2. The van der Waals surface area contributed by atoms with Crippen LogP contribution < -0.4 is 5.32 Å². The first-order chi connectivity index (χ1) is 17.5. The fourth-order valence-electron chi connectivity index (χ4n) is 4.55. The third-order valence-corrected chi connectivity index (χ3v) is 8.36. The van der Waals surface area contributed by atoms with Gasteiger partial charge in [-0.15, -0.1) is 28.1 Å². The van der Waals surface area contributed by atoms with E-state index in [0.29, 0.717) is 34.5 Å². The Morgan fingerprint density at radius 2 is 2.08 bits per heavy atom. The van der Waals surface area contributed by atoms with Gasteiger partial charge in [0.1, 0.15) is 10.5 Å². The third kappa shape index (κ3) is 4.51. The van der Waals surface area contributed by atoms with E-state index >= 15 is 0 Å². The lowest BCUT2D eigenvalue weighted by atomic mass is 9.95. The van der Waals surface area contributed by atoms with Crippen molar-refractivity contribution < 1.29 is 14.3 Å². The predicted molar refractivity (Wildman–Crippen MR) is 144 cm³/mol. The van der Waals surface area contributed by atoms with Gasteiger partial charge in [-0.25, -0.2) is 9.78 Å². The summed E-state index contributed by atoms with van der Waals surface area (Å²) in [7, 11) is 0. The molecule has 186 valence electrons. The minimum Gasteiger partial charge on any atom is -0.462 e. The highest BCUT2D eigenvalue weighted by atomic mass is 32.2. The Bertz CT molecular complexity index is 1480. The number of aromatic nitrogens is 4. The summed E-state index contributed by atoms with van der Waals surface area (Å²) in [6, 6.07) is 7.96. The van der Waals surface area contributed by atoms with Gasteiger partial charge in [0.15, 0.2) is 5.65 Å². The maximum absolute atomic E-state index is 13.2. The number of ether oxygens (including phenoxy) is 1. The largest absolute Gasteiger partial charge is 0.462 e. The molecule has 4 aromatic rings. The lowest BCUT2D eigenvalue weighted by molar-refractivity contribution is -0.115. The number of fused-ring (bicyclic) bond motifs is 4. The topological polar surface area (TPSA) is 99.0 Å². The van der Waals surface area contributed by atoms with Crippen molar-refractivity contribution in [1.29, 1.82) is 0 Å². The number of thioether (sulfide) groups is 1. The van der Waals surface area contributed by atoms with E-state index in [4.69, 9.17) is 9.72 Å². The van der Waals surface area contributed by atoms with Crippen LogP contribution in [0.25, 0.3) is 22.1 Å². The number of esters is 1. The molecular formula is C26H27N5O3S2. The minimum atomic E-state index is -0.504. The van der Waals surface area contributed by atoms with Gasteiger partial charge >= 0.3 is 5.97 Å². The molecule has 3 heterocycles. The van der Waals surface area contributed by atoms with Gasteiger partial charge in [0.25, 0.3) is 0 Å². The molecule has 3 aromatic heterocycles. The quantitative estimate of drug-likeness (QED) is 0.188. The van der Waals surface area contributed by atoms with Gasteiger partial charge in [-0.1, -0.05) is 36.0 Å². The van der Waals surface area contributed by atoms with Crippen molar-refractivity contribution in [3.05, 3.63) is 52.9 Å². The van der Waals surface area contributed by atoms with Crippen molar-refractivity contribution in [2.45, 2.75) is 56.5 Å². The van der Waals surface area contributed by atoms with E-state index in [2.05, 4.69) is 22.1 Å². The molecule has 0 saturated carbocycles. The van der Waals surface area contributed by atoms with Gasteiger partial charge in [-0.05, 0) is 51.2 Å². The number of carbonyl (C=O) groups is 2. The number of amides is 1. The van der Waals surface area contributed by atoms with Gasteiger partial charge in [0, 0.05) is 16.8 Å². The highest BCUT2D eigenvalue weighted by Crippen LogP contribution is 2.39. The van der Waals surface area contributed by atoms with Crippen molar-refractivity contribution in [3.8, 4) is 0 Å². The molecule has 1 aromatic carbocycles. The number of benzene rings is 1. The average molecular weight is 522 g/mol. The lowest BCUT2D eigenvalue weighted by Gasteiger charge is -2.13. The van der Waals surface area contributed by atoms with Gasteiger partial charge in [-0.2, -0.15) is 0 Å². The molecule has 1 unspecified atom stereocenters. The molecule has 1 N–H and O–H groups in total. The first-order valence-electron chi connectivity index (χ1n) is 12.0. The van der Waals surface area contributed by atoms with E-state index in [9.17, 15) is 9.59 Å². The maximum atomic E-state index is 13.2. The number of nitrogens with one attached hydrogen (secondary N) is 1. The van der Waals surface area contributed by atoms with E-state index in [1.54, 1.807) is 13.8 Å². The summed E-state index contributed by atoms with van der Waals surface area (Å²) in [5, 5.41) is 13.2. The maximum Gasteiger partial charge on any atom is 0.341 e. The van der Waals surface area contributed by atoms with Crippen LogP contribution >= 0.6 is 23.1 Å². The average Bonchev–Trinajstić information content (AvgIpc) is 3.39. The van der Waals surface area contributed by atoms with E-state index in [1.807, 2.05) is 34.9 Å². The van der Waals surface area contributed by atoms with E-state index in [-0.39, 0.29) is 11.9 Å². The molecule has 1 aliphatic carbocycles. The van der Waals surface area contributed by atoms with Crippen LogP contribution in [0.5, 0.6) is 0 Å². The minimum absolute atomic E-state index is 0.223. The molecule has 0 radical (unpaired) electrons. The molecular weight excluding hydrogens is 494 g/mol. The molecule has 10 heteroatoms. The van der Waals surface area contributed by atoms with Gasteiger partial charge < -0.3 is 14.6 Å². The molecule has 1 atom stereocenters. The number of nitrogens with zero attached hydrogens (tertiary/aromatic N) is 4. The molecule has 0 bridgehead atoms. The highest BCUT2D eigenvalue weighted by Gasteiger charge is 2.28. The first-order valence-corrected chi connectivity index (χ1v) is 13.7. The Labute approximate surface area is 217 Å². The fraction of sp³-hybridized carbons (Fsp3) is 0.346. The number of hydrogen-bond donors (Lipinski definition) is 1. The highest BCUT2D eigenvalue weighted by molar-refractivity contribution is 8.00. The van der Waals surface area contributed by atoms with Crippen LogP contribution in [-0.4, -0.2) is 43.5 Å². The number of rotatable bonds is 8. The normalized spacial score (nSPS) is 13.9. The molecule has 0 spiro atoms. The SMILES string of the molecule is C=CCn1c2ccccc2c2nnc(SC(C)C(=O)Nc3sc4c(c3C(=O)OCC)CCCC4)nc21. The molecule has 0 fully saturated rings. The van der Waals surface area contributed by atoms with Gasteiger partial charge in [-0.3, -0.25) is 4.79 Å². The molecule has 5 rings (SSSR count). The monoisotopic (exact) mass is 521 g/mol. The Morgan fingerprint density at radius 1 is 1.28 bits per heavy atom. The third-order valence-electron chi connectivity index (χ3n) is 6.21. The number of hydrogen-bond acceptors (Lipinski definition) is 8. The summed E-state index contributed by atoms with van der Waals surface area (Å²) in [6.45, 7) is 8.32. The predicted octanol–water partition coefficient (Wildman–Crippen LogP) is 5.40. The van der Waals surface area contributed by atoms with Crippen LogP contribution in [0.15, 0.2) is 42.1 Å². The summed E-state index contributed by atoms with van der Waals surface area (Å²) >= 11 is 2.72. The molecule has 8 nitrogen and oxygen atoms in total. The van der Waals surface area contributed by atoms with Crippen LogP contribution in [0.1, 0.15) is 47.5 Å². The second-order valence-corrected chi connectivity index (χ2v) is 11.0. The van der Waals surface area contributed by atoms with Crippen LogP contribution in [0, 0.1) is 0 Å². The summed E-state index contributed by atoms with van der Waals surface area (Å²) in [6.07, 6.45) is 5.69. The smallest absolute Gasteiger partial charge is 0.341 e. The van der Waals surface area contributed by atoms with Gasteiger partial charge in [0.2, 0.25) is 11.1 Å². The number of para-hydroxylation sites is 1. The van der Waals surface area contributed by atoms with E-state index in [0.717, 1.165) is 52.5 Å². The zero-order valence-electron chi connectivity index (χ0n) is 20.2. The first kappa shape index (κ1) is 24.5. The van der Waals surface area contributed by atoms with Crippen LogP contribution in [0.2, 0.25) is 0 Å². The van der Waals surface area contributed by atoms with Gasteiger partial charge in [0.05, 0.1) is 22.9 Å². The second kappa shape index (κ2) is 10.4. The van der Waals surface area contributed by atoms with Crippen molar-refractivity contribution >= 4 is 62.0 Å². The van der Waals surface area contributed by atoms with E-state index < -0.39 is 5.25 Å². The van der Waals surface area contributed by atoms with E-state index in [1.165, 1.54) is 23.1 Å². The lowest BCUT2D eigenvalue weighted by Crippen LogP contribution is -2.23. The van der Waals surface area contributed by atoms with Crippen molar-refractivity contribution in [1.82, 2.24) is 19.7 Å². The number of carbonyl (C=O) groups excluding carboxylic acids is 2. The van der Waals surface area contributed by atoms with Crippen LogP contribution in [0.4, 0.5) is 5.00 Å². The Morgan fingerprint density at radius 3 is 2.89 bits per heavy atom. The summed E-state index contributed by atoms with van der Waals surface area (Å²) in [5.74, 6) is -0.597. The summed E-state index contributed by atoms with van der Waals surface area (Å²) in [5.41, 5.74) is 3.97. The molecule has 1 aliphatic rings. The molecule has 36 heavy (non-hydrogen) atoms. The van der Waals surface area contributed by atoms with Crippen molar-refractivity contribution in [2.24, 2.45) is 0 Å². The Kier molecular flexibility index (Phi) is 7.06. The molecule has 0 saturated heterocycles. The summed E-state index contributed by atoms with van der Waals surface area (Å²) in [4.78, 5) is 31.8. The van der Waals surface area contributed by atoms with Crippen LogP contribution in [0.3, 0.4) is 0 Å². The Balaban J connectivity index is 1.40. The van der Waals surface area contributed by atoms with Crippen molar-refractivity contribution in [2.75, 3.05) is 11.9 Å². The van der Waals surface area contributed by atoms with Crippen LogP contribution in [-0.2, 0) is 28.9 Å². The number of thiophene rings is 1.